The second kappa shape index (κ2) is 8.17. The zero-order chi connectivity index (χ0) is 11.0. The molecule has 0 rings (SSSR count). The fourth-order valence-electron chi connectivity index (χ4n) is 1.28. The van der Waals surface area contributed by atoms with Crippen LogP contribution in [0.2, 0.25) is 0 Å². The van der Waals surface area contributed by atoms with Crippen molar-refractivity contribution in [1.82, 2.24) is 15.1 Å². The highest BCUT2D eigenvalue weighted by molar-refractivity contribution is 4.62. The number of hydrogen-bond acceptors (Lipinski definition) is 4. The van der Waals surface area contributed by atoms with Crippen molar-refractivity contribution in [3.05, 3.63) is 0 Å². The van der Waals surface area contributed by atoms with E-state index < -0.39 is 0 Å². The van der Waals surface area contributed by atoms with E-state index >= 15 is 0 Å². The molecule has 1 atom stereocenters. The number of hydrogen-bond donors (Lipinski definition) is 2. The summed E-state index contributed by atoms with van der Waals surface area (Å²) in [6, 6.07) is 0. The molecule has 0 aromatic heterocycles. The van der Waals surface area contributed by atoms with E-state index in [2.05, 4.69) is 24.3 Å². The van der Waals surface area contributed by atoms with Crippen molar-refractivity contribution in [3.63, 3.8) is 0 Å². The molecule has 0 aliphatic rings. The van der Waals surface area contributed by atoms with Gasteiger partial charge in [-0.05, 0) is 47.7 Å². The fraction of sp³-hybridized carbons (Fsp3) is 1.00. The Labute approximate surface area is 87.9 Å². The minimum Gasteiger partial charge on any atom is -0.390 e. The van der Waals surface area contributed by atoms with Crippen molar-refractivity contribution in [2.24, 2.45) is 0 Å². The summed E-state index contributed by atoms with van der Waals surface area (Å²) in [6.07, 6.45) is 0.867. The molecule has 0 aromatic rings. The molecule has 0 saturated heterocycles. The van der Waals surface area contributed by atoms with Crippen molar-refractivity contribution in [2.45, 2.75) is 12.5 Å². The molecule has 0 aliphatic carbocycles. The quantitative estimate of drug-likeness (QED) is 0.519. The second-order valence-corrected chi connectivity index (χ2v) is 4.28. The summed E-state index contributed by atoms with van der Waals surface area (Å²) in [7, 11) is 8.08. The van der Waals surface area contributed by atoms with E-state index in [1.807, 2.05) is 19.0 Å². The molecule has 4 heteroatoms. The lowest BCUT2D eigenvalue weighted by molar-refractivity contribution is 0.135. The number of aliphatic hydroxyl groups is 1. The SMILES string of the molecule is CN(C)CCCNCC(O)CN(C)C. The Morgan fingerprint density at radius 1 is 1.14 bits per heavy atom. The van der Waals surface area contributed by atoms with E-state index in [-0.39, 0.29) is 6.10 Å². The van der Waals surface area contributed by atoms with Crippen molar-refractivity contribution in [3.8, 4) is 0 Å². The standard InChI is InChI=1S/C10H25N3O/c1-12(2)7-5-6-11-8-10(14)9-13(3)4/h10-11,14H,5-9H2,1-4H3. The number of aliphatic hydroxyl groups excluding tert-OH is 1. The van der Waals surface area contributed by atoms with Crippen LogP contribution in [0.3, 0.4) is 0 Å². The van der Waals surface area contributed by atoms with E-state index in [0.717, 1.165) is 26.1 Å². The summed E-state index contributed by atoms with van der Waals surface area (Å²) in [5, 5.41) is 12.8. The first-order valence-electron chi connectivity index (χ1n) is 5.20. The molecule has 0 heterocycles. The van der Waals surface area contributed by atoms with Crippen LogP contribution in [0.4, 0.5) is 0 Å². The Balaban J connectivity index is 3.19. The lowest BCUT2D eigenvalue weighted by Crippen LogP contribution is -2.35. The van der Waals surface area contributed by atoms with Gasteiger partial charge < -0.3 is 20.2 Å². The average Bonchev–Trinajstić information content (AvgIpc) is 2.01. The number of rotatable bonds is 8. The maximum Gasteiger partial charge on any atom is 0.0791 e. The Hall–Kier alpha value is -0.160. The summed E-state index contributed by atoms with van der Waals surface area (Å²) in [5.74, 6) is 0. The van der Waals surface area contributed by atoms with E-state index in [9.17, 15) is 5.11 Å². The van der Waals surface area contributed by atoms with Gasteiger partial charge in [-0.15, -0.1) is 0 Å². The number of nitrogens with zero attached hydrogens (tertiary/aromatic N) is 2. The van der Waals surface area contributed by atoms with Crippen LogP contribution in [-0.4, -0.2) is 75.4 Å². The van der Waals surface area contributed by atoms with E-state index in [0.29, 0.717) is 6.54 Å². The minimum absolute atomic E-state index is 0.260. The van der Waals surface area contributed by atoms with Crippen LogP contribution in [0.1, 0.15) is 6.42 Å². The zero-order valence-electron chi connectivity index (χ0n) is 9.95. The molecule has 86 valence electrons. The first-order chi connectivity index (χ1) is 6.52. The Morgan fingerprint density at radius 2 is 1.79 bits per heavy atom. The van der Waals surface area contributed by atoms with Gasteiger partial charge in [0.1, 0.15) is 0 Å². The summed E-state index contributed by atoms with van der Waals surface area (Å²) in [6.45, 7) is 3.48. The van der Waals surface area contributed by atoms with Gasteiger partial charge in [-0.25, -0.2) is 0 Å². The van der Waals surface area contributed by atoms with Gasteiger partial charge in [-0.2, -0.15) is 0 Å². The monoisotopic (exact) mass is 203 g/mol. The van der Waals surface area contributed by atoms with Crippen molar-refractivity contribution in [2.75, 3.05) is 54.4 Å². The van der Waals surface area contributed by atoms with Crippen LogP contribution in [0.25, 0.3) is 0 Å². The third kappa shape index (κ3) is 9.92. The van der Waals surface area contributed by atoms with Gasteiger partial charge in [0.05, 0.1) is 6.10 Å². The molecule has 0 aliphatic heterocycles. The maximum atomic E-state index is 9.51. The molecule has 4 nitrogen and oxygen atoms in total. The van der Waals surface area contributed by atoms with Crippen LogP contribution in [0, 0.1) is 0 Å². The van der Waals surface area contributed by atoms with Crippen LogP contribution in [-0.2, 0) is 0 Å². The third-order valence-corrected chi connectivity index (χ3v) is 1.91. The predicted octanol–water partition coefficient (Wildman–Crippen LogP) is -0.550. The van der Waals surface area contributed by atoms with Gasteiger partial charge in [0.15, 0.2) is 0 Å². The van der Waals surface area contributed by atoms with Gasteiger partial charge in [0, 0.05) is 13.1 Å². The van der Waals surface area contributed by atoms with Crippen LogP contribution in [0.5, 0.6) is 0 Å². The highest BCUT2D eigenvalue weighted by atomic mass is 16.3. The topological polar surface area (TPSA) is 38.7 Å². The van der Waals surface area contributed by atoms with Crippen molar-refractivity contribution >= 4 is 0 Å². The van der Waals surface area contributed by atoms with Crippen LogP contribution in [0.15, 0.2) is 0 Å². The van der Waals surface area contributed by atoms with Crippen LogP contribution < -0.4 is 5.32 Å². The first-order valence-corrected chi connectivity index (χ1v) is 5.20. The second-order valence-electron chi connectivity index (χ2n) is 4.28. The zero-order valence-corrected chi connectivity index (χ0v) is 9.95. The Bertz CT molecular complexity index is 129. The van der Waals surface area contributed by atoms with Gasteiger partial charge >= 0.3 is 0 Å². The molecule has 2 N–H and O–H groups in total. The molecule has 0 spiro atoms. The minimum atomic E-state index is -0.260. The summed E-state index contributed by atoms with van der Waals surface area (Å²) >= 11 is 0. The molecule has 0 aromatic carbocycles. The Kier molecular flexibility index (Phi) is 8.08. The first kappa shape index (κ1) is 13.8. The largest absolute Gasteiger partial charge is 0.390 e. The predicted molar refractivity (Wildman–Crippen MR) is 60.6 cm³/mol. The van der Waals surface area contributed by atoms with Crippen LogP contribution >= 0.6 is 0 Å². The lowest BCUT2D eigenvalue weighted by Gasteiger charge is -2.16. The average molecular weight is 203 g/mol. The van der Waals surface area contributed by atoms with Gasteiger partial charge in [-0.1, -0.05) is 0 Å². The molecule has 0 radical (unpaired) electrons. The van der Waals surface area contributed by atoms with E-state index in [4.69, 9.17) is 0 Å². The highest BCUT2D eigenvalue weighted by Crippen LogP contribution is 1.85. The summed E-state index contributed by atoms with van der Waals surface area (Å²) in [5.41, 5.74) is 0. The summed E-state index contributed by atoms with van der Waals surface area (Å²) in [4.78, 5) is 4.16. The summed E-state index contributed by atoms with van der Waals surface area (Å²) < 4.78 is 0. The van der Waals surface area contributed by atoms with E-state index in [1.165, 1.54) is 0 Å². The molecular weight excluding hydrogens is 178 g/mol. The molecule has 0 saturated carbocycles. The molecule has 1 unspecified atom stereocenters. The van der Waals surface area contributed by atoms with Gasteiger partial charge in [0.25, 0.3) is 0 Å². The molecular formula is C10H25N3O. The molecule has 0 fully saturated rings. The highest BCUT2D eigenvalue weighted by Gasteiger charge is 2.03. The lowest BCUT2D eigenvalue weighted by atomic mass is 10.3. The normalized spacial score (nSPS) is 13.9. The van der Waals surface area contributed by atoms with Gasteiger partial charge in [0.2, 0.25) is 0 Å². The molecule has 0 bridgehead atoms. The maximum absolute atomic E-state index is 9.51. The Morgan fingerprint density at radius 3 is 2.29 bits per heavy atom. The molecule has 0 amide bonds. The van der Waals surface area contributed by atoms with Crippen molar-refractivity contribution in [1.29, 1.82) is 0 Å². The van der Waals surface area contributed by atoms with E-state index in [1.54, 1.807) is 0 Å². The number of likely N-dealkylation sites (N-methyl/N-ethyl adjacent to an activating group) is 1. The smallest absolute Gasteiger partial charge is 0.0791 e. The van der Waals surface area contributed by atoms with Crippen molar-refractivity contribution < 1.29 is 5.11 Å². The number of nitrogens with one attached hydrogen (secondary N) is 1. The fourth-order valence-corrected chi connectivity index (χ4v) is 1.28. The third-order valence-electron chi connectivity index (χ3n) is 1.91. The molecule has 14 heavy (non-hydrogen) atoms. The van der Waals surface area contributed by atoms with Gasteiger partial charge in [-0.3, -0.25) is 0 Å².